The number of piperazine rings is 1. The Labute approximate surface area is 114 Å². The van der Waals surface area contributed by atoms with Crippen LogP contribution < -0.4 is 10.1 Å². The zero-order valence-electron chi connectivity index (χ0n) is 9.89. The molecule has 0 aliphatic carbocycles. The summed E-state index contributed by atoms with van der Waals surface area (Å²) < 4.78 is 5.26. The van der Waals surface area contributed by atoms with Gasteiger partial charge in [-0.05, 0) is 12.1 Å². The summed E-state index contributed by atoms with van der Waals surface area (Å²) in [5.41, 5.74) is 0. The number of nitrogens with one attached hydrogen (secondary N) is 1. The summed E-state index contributed by atoms with van der Waals surface area (Å²) in [6, 6.07) is 6.73. The number of imide groups is 1. The molecule has 1 aliphatic rings. The number of ether oxygens (including phenoxy) is 1. The molecule has 1 aliphatic heterocycles. The van der Waals surface area contributed by atoms with Gasteiger partial charge in [-0.15, -0.1) is 0 Å². The average molecular weight is 283 g/mol. The number of benzene rings is 1. The molecular weight excluding hydrogens is 272 g/mol. The van der Waals surface area contributed by atoms with Crippen molar-refractivity contribution in [3.8, 4) is 5.75 Å². The number of carbonyl (C=O) groups is 3. The van der Waals surface area contributed by atoms with Crippen molar-refractivity contribution in [3.63, 3.8) is 0 Å². The third-order valence-corrected chi connectivity index (χ3v) is 2.80. The third kappa shape index (κ3) is 3.45. The fraction of sp³-hybridized carbons (Fsp3) is 0.250. The van der Waals surface area contributed by atoms with Crippen molar-refractivity contribution in [2.75, 3.05) is 19.7 Å². The number of para-hydroxylation sites is 1. The number of rotatable bonds is 3. The average Bonchev–Trinajstić information content (AvgIpc) is 2.36. The van der Waals surface area contributed by atoms with E-state index in [9.17, 15) is 14.4 Å². The molecule has 1 fully saturated rings. The summed E-state index contributed by atoms with van der Waals surface area (Å²) in [4.78, 5) is 35.2. The van der Waals surface area contributed by atoms with Crippen LogP contribution in [0.3, 0.4) is 0 Å². The molecule has 7 heteroatoms. The molecular formula is C12H11ClN2O4. The number of amides is 3. The van der Waals surface area contributed by atoms with Gasteiger partial charge in [-0.2, -0.15) is 0 Å². The molecule has 0 saturated carbocycles. The van der Waals surface area contributed by atoms with E-state index < -0.39 is 17.7 Å². The quantitative estimate of drug-likeness (QED) is 0.804. The smallest absolute Gasteiger partial charge is 0.261 e. The van der Waals surface area contributed by atoms with Crippen LogP contribution in [0.15, 0.2) is 24.3 Å². The third-order valence-electron chi connectivity index (χ3n) is 2.49. The van der Waals surface area contributed by atoms with E-state index in [1.165, 1.54) is 0 Å². The van der Waals surface area contributed by atoms with E-state index in [0.717, 1.165) is 4.90 Å². The molecule has 3 amide bonds. The molecule has 1 aromatic rings. The van der Waals surface area contributed by atoms with Gasteiger partial charge >= 0.3 is 0 Å². The van der Waals surface area contributed by atoms with E-state index in [-0.39, 0.29) is 19.7 Å². The molecule has 19 heavy (non-hydrogen) atoms. The van der Waals surface area contributed by atoms with E-state index in [1.54, 1.807) is 24.3 Å². The maximum Gasteiger partial charge on any atom is 0.261 e. The Bertz CT molecular complexity index is 516. The molecule has 1 N–H and O–H groups in total. The van der Waals surface area contributed by atoms with E-state index in [2.05, 4.69) is 5.32 Å². The maximum atomic E-state index is 11.8. The van der Waals surface area contributed by atoms with Crippen LogP contribution in [0.5, 0.6) is 5.75 Å². The summed E-state index contributed by atoms with van der Waals surface area (Å²) in [5.74, 6) is -1.06. The fourth-order valence-electron chi connectivity index (χ4n) is 1.61. The molecule has 6 nitrogen and oxygen atoms in total. The van der Waals surface area contributed by atoms with Crippen LogP contribution >= 0.6 is 11.6 Å². The predicted molar refractivity (Wildman–Crippen MR) is 66.7 cm³/mol. The molecule has 1 saturated heterocycles. The largest absolute Gasteiger partial charge is 0.482 e. The second kappa shape index (κ2) is 5.71. The molecule has 1 aromatic carbocycles. The number of carbonyl (C=O) groups excluding carboxylic acids is 3. The lowest BCUT2D eigenvalue weighted by molar-refractivity contribution is -0.146. The first-order chi connectivity index (χ1) is 9.06. The molecule has 100 valence electrons. The van der Waals surface area contributed by atoms with Gasteiger partial charge in [-0.1, -0.05) is 23.7 Å². The number of nitrogens with zero attached hydrogens (tertiary/aromatic N) is 1. The highest BCUT2D eigenvalue weighted by Gasteiger charge is 2.26. The SMILES string of the molecule is O=C1CN(C(=O)COc2ccccc2Cl)CC(=O)N1. The lowest BCUT2D eigenvalue weighted by Crippen LogP contribution is -2.54. The summed E-state index contributed by atoms with van der Waals surface area (Å²) in [6.45, 7) is -0.558. The number of hydrogen-bond donors (Lipinski definition) is 1. The zero-order chi connectivity index (χ0) is 13.8. The van der Waals surface area contributed by atoms with Crippen molar-refractivity contribution in [2.24, 2.45) is 0 Å². The van der Waals surface area contributed by atoms with Gasteiger partial charge in [0.1, 0.15) is 18.8 Å². The van der Waals surface area contributed by atoms with Crippen LogP contribution in [0.2, 0.25) is 5.02 Å². The van der Waals surface area contributed by atoms with E-state index in [0.29, 0.717) is 10.8 Å². The van der Waals surface area contributed by atoms with Crippen LogP contribution in [-0.2, 0) is 14.4 Å². The molecule has 0 aromatic heterocycles. The Kier molecular flexibility index (Phi) is 4.01. The molecule has 2 rings (SSSR count). The zero-order valence-corrected chi connectivity index (χ0v) is 10.6. The Morgan fingerprint density at radius 1 is 1.26 bits per heavy atom. The normalized spacial score (nSPS) is 15.1. The van der Waals surface area contributed by atoms with Crippen LogP contribution in [0, 0.1) is 0 Å². The highest BCUT2D eigenvalue weighted by atomic mass is 35.5. The van der Waals surface area contributed by atoms with Gasteiger partial charge in [0.25, 0.3) is 5.91 Å². The molecule has 1 heterocycles. The second-order valence-corrected chi connectivity index (χ2v) is 4.35. The minimum absolute atomic E-state index is 0.142. The van der Waals surface area contributed by atoms with Crippen molar-refractivity contribution in [3.05, 3.63) is 29.3 Å². The van der Waals surface area contributed by atoms with Gasteiger partial charge in [0.15, 0.2) is 6.61 Å². The van der Waals surface area contributed by atoms with Crippen molar-refractivity contribution in [2.45, 2.75) is 0 Å². The van der Waals surface area contributed by atoms with Gasteiger partial charge < -0.3 is 9.64 Å². The summed E-state index contributed by atoms with van der Waals surface area (Å²) >= 11 is 5.87. The van der Waals surface area contributed by atoms with Gasteiger partial charge in [-0.25, -0.2) is 0 Å². The van der Waals surface area contributed by atoms with Gasteiger partial charge in [-0.3, -0.25) is 19.7 Å². The monoisotopic (exact) mass is 282 g/mol. The maximum absolute atomic E-state index is 11.8. The minimum Gasteiger partial charge on any atom is -0.482 e. The first kappa shape index (κ1) is 13.4. The molecule has 0 unspecified atom stereocenters. The lowest BCUT2D eigenvalue weighted by atomic mass is 10.3. The Balaban J connectivity index is 1.93. The van der Waals surface area contributed by atoms with Gasteiger partial charge in [0.05, 0.1) is 5.02 Å². The van der Waals surface area contributed by atoms with Crippen LogP contribution in [0.25, 0.3) is 0 Å². The van der Waals surface area contributed by atoms with Crippen LogP contribution in [0.4, 0.5) is 0 Å². The topological polar surface area (TPSA) is 75.7 Å². The Hall–Kier alpha value is -2.08. The summed E-state index contributed by atoms with van der Waals surface area (Å²) in [6.07, 6.45) is 0. The number of halogens is 1. The van der Waals surface area contributed by atoms with Crippen molar-refractivity contribution >= 4 is 29.3 Å². The first-order valence-corrected chi connectivity index (χ1v) is 5.92. The standard InChI is InChI=1S/C12H11ClN2O4/c13-8-3-1-2-4-9(8)19-7-12(18)15-5-10(16)14-11(17)6-15/h1-4H,5-7H2,(H,14,16,17). The highest BCUT2D eigenvalue weighted by Crippen LogP contribution is 2.22. The predicted octanol–water partition coefficient (Wildman–Crippen LogP) is 0.204. The second-order valence-electron chi connectivity index (χ2n) is 3.94. The fourth-order valence-corrected chi connectivity index (χ4v) is 1.80. The summed E-state index contributed by atoms with van der Waals surface area (Å²) in [5, 5.41) is 2.50. The van der Waals surface area contributed by atoms with Crippen molar-refractivity contribution in [1.29, 1.82) is 0 Å². The molecule has 0 radical (unpaired) electrons. The van der Waals surface area contributed by atoms with E-state index in [4.69, 9.17) is 16.3 Å². The van der Waals surface area contributed by atoms with E-state index in [1.807, 2.05) is 0 Å². The molecule has 0 atom stereocenters. The van der Waals surface area contributed by atoms with Crippen LogP contribution in [-0.4, -0.2) is 42.3 Å². The van der Waals surface area contributed by atoms with Crippen LogP contribution in [0.1, 0.15) is 0 Å². The van der Waals surface area contributed by atoms with Crippen molar-refractivity contribution in [1.82, 2.24) is 10.2 Å². The minimum atomic E-state index is -0.498. The Morgan fingerprint density at radius 2 is 1.89 bits per heavy atom. The van der Waals surface area contributed by atoms with Gasteiger partial charge in [0, 0.05) is 0 Å². The molecule has 0 bridgehead atoms. The summed E-state index contributed by atoms with van der Waals surface area (Å²) in [7, 11) is 0. The van der Waals surface area contributed by atoms with Crippen molar-refractivity contribution < 1.29 is 19.1 Å². The first-order valence-electron chi connectivity index (χ1n) is 5.54. The highest BCUT2D eigenvalue weighted by molar-refractivity contribution is 6.32. The van der Waals surface area contributed by atoms with E-state index >= 15 is 0 Å². The molecule has 0 spiro atoms. The number of hydrogen-bond acceptors (Lipinski definition) is 4. The van der Waals surface area contributed by atoms with Gasteiger partial charge in [0.2, 0.25) is 11.8 Å². The lowest BCUT2D eigenvalue weighted by Gasteiger charge is -2.25. The Morgan fingerprint density at radius 3 is 2.53 bits per heavy atom.